The predicted molar refractivity (Wildman–Crippen MR) is 115 cm³/mol. The SMILES string of the molecule is COC(=O)/C(C)=C/[C@H](CO)O[Si](c1ccccc1)(c1ccccc1)C(C)(C)C. The Hall–Kier alpha value is -2.21. The Bertz CT molecular complexity index is 755. The van der Waals surface area contributed by atoms with E-state index in [2.05, 4.69) is 45.0 Å². The number of rotatable bonds is 7. The first kappa shape index (κ1) is 22.1. The molecule has 0 aromatic heterocycles. The van der Waals surface area contributed by atoms with Crippen LogP contribution in [0.2, 0.25) is 5.04 Å². The molecule has 0 bridgehead atoms. The molecular formula is C23H30O4Si. The highest BCUT2D eigenvalue weighted by Gasteiger charge is 2.51. The molecule has 0 aliphatic heterocycles. The highest BCUT2D eigenvalue weighted by Crippen LogP contribution is 2.37. The highest BCUT2D eigenvalue weighted by atomic mass is 28.4. The molecule has 0 radical (unpaired) electrons. The van der Waals surface area contributed by atoms with Crippen LogP contribution in [-0.4, -0.2) is 39.2 Å². The Morgan fingerprint density at radius 3 is 1.86 bits per heavy atom. The van der Waals surface area contributed by atoms with Crippen LogP contribution in [-0.2, 0) is 14.0 Å². The van der Waals surface area contributed by atoms with Crippen LogP contribution < -0.4 is 10.4 Å². The van der Waals surface area contributed by atoms with Gasteiger partial charge in [0.1, 0.15) is 0 Å². The third-order valence-electron chi connectivity index (χ3n) is 4.87. The van der Waals surface area contributed by atoms with Gasteiger partial charge in [-0.05, 0) is 28.4 Å². The Balaban J connectivity index is 2.66. The fraction of sp³-hybridized carbons (Fsp3) is 0.348. The van der Waals surface area contributed by atoms with Crippen molar-refractivity contribution in [3.05, 3.63) is 72.3 Å². The zero-order chi connectivity index (χ0) is 20.8. The predicted octanol–water partition coefficient (Wildman–Crippen LogP) is 3.04. The van der Waals surface area contributed by atoms with Gasteiger partial charge in [0, 0.05) is 5.57 Å². The second kappa shape index (κ2) is 9.32. The molecule has 28 heavy (non-hydrogen) atoms. The van der Waals surface area contributed by atoms with Gasteiger partial charge in [-0.25, -0.2) is 4.79 Å². The second-order valence-corrected chi connectivity index (χ2v) is 12.1. The number of aliphatic hydroxyl groups is 1. The summed E-state index contributed by atoms with van der Waals surface area (Å²) in [4.78, 5) is 11.8. The first-order valence-electron chi connectivity index (χ1n) is 9.42. The number of methoxy groups -OCH3 is 1. The Morgan fingerprint density at radius 1 is 1.04 bits per heavy atom. The quantitative estimate of drug-likeness (QED) is 0.442. The smallest absolute Gasteiger partial charge is 0.333 e. The van der Waals surface area contributed by atoms with Crippen LogP contribution in [0, 0.1) is 0 Å². The molecule has 2 rings (SSSR count). The molecule has 5 heteroatoms. The van der Waals surface area contributed by atoms with Crippen LogP contribution in [0.1, 0.15) is 27.7 Å². The molecule has 1 atom stereocenters. The van der Waals surface area contributed by atoms with Gasteiger partial charge in [0.15, 0.2) is 0 Å². The lowest BCUT2D eigenvalue weighted by Crippen LogP contribution is -2.67. The van der Waals surface area contributed by atoms with Gasteiger partial charge in [-0.2, -0.15) is 0 Å². The summed E-state index contributed by atoms with van der Waals surface area (Å²) in [6, 6.07) is 20.4. The fourth-order valence-electron chi connectivity index (χ4n) is 3.55. The first-order valence-corrected chi connectivity index (χ1v) is 11.3. The van der Waals surface area contributed by atoms with E-state index in [1.54, 1.807) is 13.0 Å². The van der Waals surface area contributed by atoms with E-state index in [0.29, 0.717) is 5.57 Å². The van der Waals surface area contributed by atoms with Crippen LogP contribution >= 0.6 is 0 Å². The van der Waals surface area contributed by atoms with Crippen molar-refractivity contribution in [2.75, 3.05) is 13.7 Å². The Kier molecular flexibility index (Phi) is 7.35. The number of benzene rings is 2. The zero-order valence-corrected chi connectivity index (χ0v) is 18.3. The number of aliphatic hydroxyl groups excluding tert-OH is 1. The van der Waals surface area contributed by atoms with E-state index < -0.39 is 20.4 Å². The van der Waals surface area contributed by atoms with Crippen molar-refractivity contribution in [3.8, 4) is 0 Å². The minimum atomic E-state index is -2.80. The average molecular weight is 399 g/mol. The lowest BCUT2D eigenvalue weighted by atomic mass is 10.2. The molecule has 150 valence electrons. The summed E-state index contributed by atoms with van der Waals surface area (Å²) in [5.41, 5.74) is 0.416. The van der Waals surface area contributed by atoms with E-state index in [1.807, 2.05) is 36.4 Å². The lowest BCUT2D eigenvalue weighted by Gasteiger charge is -2.44. The topological polar surface area (TPSA) is 55.8 Å². The number of ether oxygens (including phenoxy) is 1. The largest absolute Gasteiger partial charge is 0.466 e. The number of hydrogen-bond acceptors (Lipinski definition) is 4. The van der Waals surface area contributed by atoms with Gasteiger partial charge >= 0.3 is 5.97 Å². The Labute approximate surface area is 169 Å². The van der Waals surface area contributed by atoms with Crippen molar-refractivity contribution in [1.29, 1.82) is 0 Å². The normalized spacial score (nSPS) is 13.9. The van der Waals surface area contributed by atoms with Gasteiger partial charge in [-0.15, -0.1) is 0 Å². The van der Waals surface area contributed by atoms with Crippen molar-refractivity contribution < 1.29 is 19.1 Å². The standard InChI is InChI=1S/C23H30O4Si/c1-18(22(25)26-5)16-19(17-24)27-28(23(2,3)4,20-12-8-6-9-13-20)21-14-10-7-11-15-21/h6-16,19,24H,17H2,1-5H3/b18-16+/t19-/m1/s1. The minimum Gasteiger partial charge on any atom is -0.466 e. The van der Waals surface area contributed by atoms with Crippen molar-refractivity contribution in [1.82, 2.24) is 0 Å². The van der Waals surface area contributed by atoms with Gasteiger partial charge in [0.25, 0.3) is 8.32 Å². The molecule has 4 nitrogen and oxygen atoms in total. The van der Waals surface area contributed by atoms with Crippen LogP contribution in [0.25, 0.3) is 0 Å². The second-order valence-electron chi connectivity index (χ2n) is 7.84. The molecule has 0 saturated carbocycles. The van der Waals surface area contributed by atoms with E-state index >= 15 is 0 Å². The fourth-order valence-corrected chi connectivity index (χ4v) is 8.16. The average Bonchev–Trinajstić information content (AvgIpc) is 2.70. The van der Waals surface area contributed by atoms with Crippen LogP contribution in [0.5, 0.6) is 0 Å². The summed E-state index contributed by atoms with van der Waals surface area (Å²) in [5, 5.41) is 12.1. The molecule has 1 N–H and O–H groups in total. The minimum absolute atomic E-state index is 0.212. The van der Waals surface area contributed by atoms with Gasteiger partial charge < -0.3 is 14.3 Å². The molecule has 0 saturated heterocycles. The highest BCUT2D eigenvalue weighted by molar-refractivity contribution is 6.99. The molecule has 2 aromatic rings. The maximum Gasteiger partial charge on any atom is 0.333 e. The third-order valence-corrected chi connectivity index (χ3v) is 9.93. The van der Waals surface area contributed by atoms with Crippen molar-refractivity contribution in [2.45, 2.75) is 38.8 Å². The van der Waals surface area contributed by atoms with Crippen LogP contribution in [0.4, 0.5) is 0 Å². The maximum atomic E-state index is 11.8. The summed E-state index contributed by atoms with van der Waals surface area (Å²) >= 11 is 0. The molecule has 0 heterocycles. The number of hydrogen-bond donors (Lipinski definition) is 1. The van der Waals surface area contributed by atoms with E-state index in [9.17, 15) is 9.90 Å². The number of esters is 1. The van der Waals surface area contributed by atoms with Crippen LogP contribution in [0.15, 0.2) is 72.3 Å². The monoisotopic (exact) mass is 398 g/mol. The third kappa shape index (κ3) is 4.61. The number of carbonyl (C=O) groups excluding carboxylic acids is 1. The van der Waals surface area contributed by atoms with E-state index in [0.717, 1.165) is 10.4 Å². The van der Waals surface area contributed by atoms with Crippen molar-refractivity contribution >= 4 is 24.7 Å². The first-order chi connectivity index (χ1) is 13.3. The van der Waals surface area contributed by atoms with Gasteiger partial charge in [0.2, 0.25) is 0 Å². The summed E-state index contributed by atoms with van der Waals surface area (Å²) in [5.74, 6) is -0.426. The zero-order valence-electron chi connectivity index (χ0n) is 17.3. The molecule has 0 fully saturated rings. The maximum absolute atomic E-state index is 11.8. The van der Waals surface area contributed by atoms with E-state index in [1.165, 1.54) is 7.11 Å². The summed E-state index contributed by atoms with van der Waals surface area (Å²) in [6.07, 6.45) is 1.04. The molecule has 2 aromatic carbocycles. The molecule has 0 aliphatic carbocycles. The molecule has 0 aliphatic rings. The van der Waals surface area contributed by atoms with Crippen molar-refractivity contribution in [3.63, 3.8) is 0 Å². The lowest BCUT2D eigenvalue weighted by molar-refractivity contribution is -0.136. The summed E-state index contributed by atoms with van der Waals surface area (Å²) in [7, 11) is -1.46. The molecule has 0 unspecified atom stereocenters. The van der Waals surface area contributed by atoms with Gasteiger partial charge in [-0.3, -0.25) is 0 Å². The van der Waals surface area contributed by atoms with Gasteiger partial charge in [0.05, 0.1) is 19.8 Å². The Morgan fingerprint density at radius 2 is 1.50 bits per heavy atom. The van der Waals surface area contributed by atoms with Crippen molar-refractivity contribution in [2.24, 2.45) is 0 Å². The van der Waals surface area contributed by atoms with E-state index in [4.69, 9.17) is 9.16 Å². The van der Waals surface area contributed by atoms with Crippen LogP contribution in [0.3, 0.4) is 0 Å². The summed E-state index contributed by atoms with van der Waals surface area (Å²) in [6.45, 7) is 7.96. The number of carbonyl (C=O) groups is 1. The van der Waals surface area contributed by atoms with Gasteiger partial charge in [-0.1, -0.05) is 81.4 Å². The molecule has 0 amide bonds. The van der Waals surface area contributed by atoms with E-state index in [-0.39, 0.29) is 11.6 Å². The summed E-state index contributed by atoms with van der Waals surface area (Å²) < 4.78 is 11.6. The molecular weight excluding hydrogens is 368 g/mol. The molecule has 0 spiro atoms.